The van der Waals surface area contributed by atoms with E-state index < -0.39 is 0 Å². The smallest absolute Gasteiger partial charge is 0.130 e. The van der Waals surface area contributed by atoms with Crippen LogP contribution in [-0.4, -0.2) is 9.97 Å². The van der Waals surface area contributed by atoms with Crippen LogP contribution in [0.4, 0.5) is 0 Å². The first-order chi connectivity index (χ1) is 7.56. The van der Waals surface area contributed by atoms with Gasteiger partial charge in [-0.05, 0) is 25.1 Å². The van der Waals surface area contributed by atoms with Crippen molar-refractivity contribution in [3.8, 4) is 10.6 Å². The lowest BCUT2D eigenvalue weighted by Crippen LogP contribution is -1.98. The van der Waals surface area contributed by atoms with E-state index in [-0.39, 0.29) is 0 Å². The Bertz CT molecular complexity index is 552. The Morgan fingerprint density at radius 2 is 2.12 bits per heavy atom. The summed E-state index contributed by atoms with van der Waals surface area (Å²) in [6.07, 6.45) is 0. The van der Waals surface area contributed by atoms with Gasteiger partial charge in [0.15, 0.2) is 0 Å². The van der Waals surface area contributed by atoms with E-state index in [1.807, 2.05) is 6.07 Å². The van der Waals surface area contributed by atoms with Gasteiger partial charge in [-0.2, -0.15) is 0 Å². The average molecular weight is 250 g/mol. The molecule has 0 aliphatic carbocycles. The molecule has 0 aliphatic heterocycles. The molecule has 2 heterocycles. The van der Waals surface area contributed by atoms with Crippen molar-refractivity contribution in [1.29, 1.82) is 0 Å². The van der Waals surface area contributed by atoms with Crippen molar-refractivity contribution in [2.75, 3.05) is 0 Å². The Kier molecular flexibility index (Phi) is 3.21. The maximum atomic E-state index is 5.19. The topological polar surface area (TPSA) is 28.7 Å². The molecular weight excluding hydrogens is 236 g/mol. The molecule has 0 aliphatic rings. The van der Waals surface area contributed by atoms with Crippen LogP contribution in [0.25, 0.3) is 10.6 Å². The number of hydrogen-bond donors (Lipinski definition) is 1. The minimum absolute atomic E-state index is 0.364. The molecule has 0 unspecified atom stereocenters. The number of nitrogens with zero attached hydrogens (tertiary/aromatic N) is 1. The highest BCUT2D eigenvalue weighted by atomic mass is 32.1. The summed E-state index contributed by atoms with van der Waals surface area (Å²) in [6.45, 7) is 6.32. The number of aromatic nitrogens is 2. The van der Waals surface area contributed by atoms with Crippen LogP contribution in [0.3, 0.4) is 0 Å². The second kappa shape index (κ2) is 4.47. The fourth-order valence-electron chi connectivity index (χ4n) is 1.46. The van der Waals surface area contributed by atoms with Gasteiger partial charge < -0.3 is 4.98 Å². The zero-order chi connectivity index (χ0) is 11.7. The van der Waals surface area contributed by atoms with Crippen LogP contribution in [0.15, 0.2) is 18.2 Å². The molecule has 0 fully saturated rings. The molecule has 0 radical (unpaired) electrons. The number of aryl methyl sites for hydroxylation is 1. The Labute approximate surface area is 104 Å². The third kappa shape index (κ3) is 2.39. The van der Waals surface area contributed by atoms with Crippen LogP contribution in [-0.2, 0) is 0 Å². The molecule has 0 saturated carbocycles. The van der Waals surface area contributed by atoms with Crippen LogP contribution in [0, 0.1) is 11.6 Å². The van der Waals surface area contributed by atoms with Crippen molar-refractivity contribution in [2.45, 2.75) is 26.7 Å². The molecule has 0 aromatic carbocycles. The van der Waals surface area contributed by atoms with Gasteiger partial charge in [-0.1, -0.05) is 26.1 Å². The molecule has 0 atom stereocenters. The van der Waals surface area contributed by atoms with E-state index in [2.05, 4.69) is 42.9 Å². The van der Waals surface area contributed by atoms with Crippen molar-refractivity contribution < 1.29 is 0 Å². The molecule has 0 saturated heterocycles. The molecule has 0 amide bonds. The van der Waals surface area contributed by atoms with Crippen molar-refractivity contribution in [3.63, 3.8) is 0 Å². The quantitative estimate of drug-likeness (QED) is 0.805. The number of H-pyrrole nitrogens is 1. The van der Waals surface area contributed by atoms with Crippen LogP contribution in [0.1, 0.15) is 30.5 Å². The Hall–Kier alpha value is -1.00. The third-order valence-electron chi connectivity index (χ3n) is 2.31. The van der Waals surface area contributed by atoms with Gasteiger partial charge in [0.05, 0.1) is 10.6 Å². The summed E-state index contributed by atoms with van der Waals surface area (Å²) in [6, 6.07) is 6.16. The molecule has 2 nitrogen and oxygen atoms in total. The molecular formula is C12H14N2S2. The fourth-order valence-corrected chi connectivity index (χ4v) is 2.52. The van der Waals surface area contributed by atoms with Crippen molar-refractivity contribution in [2.24, 2.45) is 0 Å². The number of aromatic amines is 1. The third-order valence-corrected chi connectivity index (χ3v) is 3.56. The molecule has 0 spiro atoms. The summed E-state index contributed by atoms with van der Waals surface area (Å²) >= 11 is 6.95. The van der Waals surface area contributed by atoms with E-state index >= 15 is 0 Å². The first-order valence-corrected chi connectivity index (χ1v) is 6.47. The highest BCUT2D eigenvalue weighted by molar-refractivity contribution is 7.71. The lowest BCUT2D eigenvalue weighted by Gasteiger charge is -2.06. The second-order valence-electron chi connectivity index (χ2n) is 4.08. The summed E-state index contributed by atoms with van der Waals surface area (Å²) in [4.78, 5) is 10.2. The predicted molar refractivity (Wildman–Crippen MR) is 71.6 cm³/mol. The standard InChI is InChI=1S/C12H14N2S2/c1-7(2)12-13-9(6-11(15)14-12)10-5-4-8(3)16-10/h4-7H,1-3H3,(H,13,14,15). The Morgan fingerprint density at radius 3 is 2.69 bits per heavy atom. The highest BCUT2D eigenvalue weighted by Crippen LogP contribution is 2.26. The minimum atomic E-state index is 0.364. The first kappa shape index (κ1) is 11.5. The fraction of sp³-hybridized carbons (Fsp3) is 0.333. The van der Waals surface area contributed by atoms with E-state index in [1.54, 1.807) is 11.3 Å². The summed E-state index contributed by atoms with van der Waals surface area (Å²) in [5.41, 5.74) is 1.07. The van der Waals surface area contributed by atoms with Crippen molar-refractivity contribution in [1.82, 2.24) is 9.97 Å². The van der Waals surface area contributed by atoms with Crippen LogP contribution in [0.5, 0.6) is 0 Å². The summed E-state index contributed by atoms with van der Waals surface area (Å²) in [7, 11) is 0. The van der Waals surface area contributed by atoms with Crippen molar-refractivity contribution in [3.05, 3.63) is 33.5 Å². The summed E-state index contributed by atoms with van der Waals surface area (Å²) in [5.74, 6) is 1.32. The Balaban J connectivity index is 2.53. The highest BCUT2D eigenvalue weighted by Gasteiger charge is 2.06. The molecule has 1 N–H and O–H groups in total. The van der Waals surface area contributed by atoms with E-state index in [1.165, 1.54) is 9.75 Å². The number of hydrogen-bond acceptors (Lipinski definition) is 3. The molecule has 2 aromatic heterocycles. The molecule has 84 valence electrons. The van der Waals surface area contributed by atoms with E-state index in [4.69, 9.17) is 12.2 Å². The molecule has 2 aromatic rings. The summed E-state index contributed by atoms with van der Waals surface area (Å²) < 4.78 is 0.656. The Morgan fingerprint density at radius 1 is 1.38 bits per heavy atom. The maximum Gasteiger partial charge on any atom is 0.130 e. The van der Waals surface area contributed by atoms with Gasteiger partial charge in [0.2, 0.25) is 0 Å². The predicted octanol–water partition coefficient (Wildman–Crippen LogP) is 4.30. The minimum Gasteiger partial charge on any atom is -0.342 e. The van der Waals surface area contributed by atoms with Crippen LogP contribution in [0.2, 0.25) is 0 Å². The molecule has 16 heavy (non-hydrogen) atoms. The van der Waals surface area contributed by atoms with Gasteiger partial charge in [-0.25, -0.2) is 4.98 Å². The first-order valence-electron chi connectivity index (χ1n) is 5.24. The van der Waals surface area contributed by atoms with E-state index in [0.29, 0.717) is 10.6 Å². The lowest BCUT2D eigenvalue weighted by molar-refractivity contribution is 0.773. The molecule has 2 rings (SSSR count). The van der Waals surface area contributed by atoms with E-state index in [9.17, 15) is 0 Å². The normalized spacial score (nSPS) is 11.0. The molecule has 4 heteroatoms. The van der Waals surface area contributed by atoms with Gasteiger partial charge >= 0.3 is 0 Å². The maximum absolute atomic E-state index is 5.19. The summed E-state index contributed by atoms with van der Waals surface area (Å²) in [5, 5.41) is 0. The van der Waals surface area contributed by atoms with Gasteiger partial charge in [0.25, 0.3) is 0 Å². The van der Waals surface area contributed by atoms with Gasteiger partial charge in [-0.15, -0.1) is 11.3 Å². The number of nitrogens with one attached hydrogen (secondary N) is 1. The number of thiophene rings is 1. The molecule has 0 bridgehead atoms. The van der Waals surface area contributed by atoms with Crippen LogP contribution >= 0.6 is 23.6 Å². The van der Waals surface area contributed by atoms with Gasteiger partial charge in [-0.3, -0.25) is 0 Å². The van der Waals surface area contributed by atoms with Crippen molar-refractivity contribution >= 4 is 23.6 Å². The lowest BCUT2D eigenvalue weighted by atomic mass is 10.2. The van der Waals surface area contributed by atoms with Crippen LogP contribution < -0.4 is 0 Å². The second-order valence-corrected chi connectivity index (χ2v) is 5.79. The zero-order valence-corrected chi connectivity index (χ0v) is 11.2. The average Bonchev–Trinajstić information content (AvgIpc) is 2.64. The SMILES string of the molecule is Cc1ccc(-c2cc(=S)nc(C(C)C)[nH]2)s1. The monoisotopic (exact) mass is 250 g/mol. The van der Waals surface area contributed by atoms with E-state index in [0.717, 1.165) is 11.5 Å². The van der Waals surface area contributed by atoms with Gasteiger partial charge in [0.1, 0.15) is 10.5 Å². The van der Waals surface area contributed by atoms with Gasteiger partial charge in [0, 0.05) is 10.8 Å². The number of rotatable bonds is 2. The largest absolute Gasteiger partial charge is 0.342 e. The zero-order valence-electron chi connectivity index (χ0n) is 9.57.